The Morgan fingerprint density at radius 2 is 1.95 bits per heavy atom. The predicted octanol–water partition coefficient (Wildman–Crippen LogP) is 1.65. The molecule has 1 saturated heterocycles. The number of likely N-dealkylation sites (N-methyl/N-ethyl adjacent to an activating group) is 1. The molecule has 21 heavy (non-hydrogen) atoms. The number of halogens is 3. The minimum absolute atomic E-state index is 0.158. The Morgan fingerprint density at radius 1 is 1.33 bits per heavy atom. The van der Waals surface area contributed by atoms with Crippen LogP contribution in [0.15, 0.2) is 0 Å². The number of nitrogens with one attached hydrogen (secondary N) is 1. The van der Waals surface area contributed by atoms with Crippen molar-refractivity contribution >= 4 is 5.91 Å². The van der Waals surface area contributed by atoms with Crippen molar-refractivity contribution in [3.63, 3.8) is 0 Å². The fraction of sp³-hybridized carbons (Fsp3) is 0.929. The quantitative estimate of drug-likeness (QED) is 0.830. The number of nitrogens with zero attached hydrogens (tertiary/aromatic N) is 1. The van der Waals surface area contributed by atoms with Crippen LogP contribution in [0.2, 0.25) is 0 Å². The van der Waals surface area contributed by atoms with E-state index in [0.29, 0.717) is 32.5 Å². The maximum absolute atomic E-state index is 12.7. The number of nitrogens with two attached hydrogens (primary N) is 1. The molecule has 0 aromatic heterocycles. The van der Waals surface area contributed by atoms with Gasteiger partial charge in [0.2, 0.25) is 5.91 Å². The molecule has 4 nitrogen and oxygen atoms in total. The zero-order valence-corrected chi connectivity index (χ0v) is 12.4. The van der Waals surface area contributed by atoms with E-state index >= 15 is 0 Å². The van der Waals surface area contributed by atoms with Gasteiger partial charge in [-0.05, 0) is 51.7 Å². The maximum atomic E-state index is 12.7. The van der Waals surface area contributed by atoms with Gasteiger partial charge in [-0.25, -0.2) is 0 Å². The van der Waals surface area contributed by atoms with Gasteiger partial charge in [0.25, 0.3) is 0 Å². The van der Waals surface area contributed by atoms with Crippen LogP contribution in [0.3, 0.4) is 0 Å². The highest BCUT2D eigenvalue weighted by Gasteiger charge is 2.47. The summed E-state index contributed by atoms with van der Waals surface area (Å²) in [4.78, 5) is 13.8. The summed E-state index contributed by atoms with van der Waals surface area (Å²) >= 11 is 0. The topological polar surface area (TPSA) is 58.4 Å². The SMILES string of the molecule is CCNC1(C(N)=O)CCC(N2CCC(C(F)(F)F)CC2)C1. The molecule has 0 aromatic carbocycles. The molecule has 1 amide bonds. The number of amides is 1. The standard InChI is InChI=1S/C14H24F3N3O/c1-2-19-13(12(18)21)6-3-11(9-13)20-7-4-10(5-8-20)14(15,16)17/h10-11,19H,2-9H2,1H3,(H2,18,21). The number of hydrogen-bond acceptors (Lipinski definition) is 3. The molecule has 0 bridgehead atoms. The molecule has 2 atom stereocenters. The fourth-order valence-electron chi connectivity index (χ4n) is 3.73. The molecular formula is C14H24F3N3O. The highest BCUT2D eigenvalue weighted by atomic mass is 19.4. The molecular weight excluding hydrogens is 283 g/mol. The summed E-state index contributed by atoms with van der Waals surface area (Å²) < 4.78 is 38.1. The minimum Gasteiger partial charge on any atom is -0.368 e. The van der Waals surface area contributed by atoms with E-state index in [1.165, 1.54) is 0 Å². The number of carbonyl (C=O) groups is 1. The summed E-state index contributed by atoms with van der Waals surface area (Å²) in [5, 5.41) is 3.18. The van der Waals surface area contributed by atoms with E-state index in [1.54, 1.807) is 0 Å². The van der Waals surface area contributed by atoms with Crippen molar-refractivity contribution < 1.29 is 18.0 Å². The van der Waals surface area contributed by atoms with Gasteiger partial charge in [-0.3, -0.25) is 4.79 Å². The monoisotopic (exact) mass is 307 g/mol. The average Bonchev–Trinajstić information content (AvgIpc) is 2.84. The van der Waals surface area contributed by atoms with Crippen LogP contribution in [0.25, 0.3) is 0 Å². The van der Waals surface area contributed by atoms with Crippen molar-refractivity contribution in [2.75, 3.05) is 19.6 Å². The summed E-state index contributed by atoms with van der Waals surface area (Å²) in [6, 6.07) is 0.158. The number of rotatable bonds is 4. The Labute approximate surface area is 123 Å². The molecule has 2 rings (SSSR count). The lowest BCUT2D eigenvalue weighted by Gasteiger charge is -2.37. The predicted molar refractivity (Wildman–Crippen MR) is 73.6 cm³/mol. The van der Waals surface area contributed by atoms with E-state index in [0.717, 1.165) is 6.42 Å². The lowest BCUT2D eigenvalue weighted by molar-refractivity contribution is -0.186. The first kappa shape index (κ1) is 16.5. The number of primary amides is 1. The number of likely N-dealkylation sites (tertiary alicyclic amines) is 1. The van der Waals surface area contributed by atoms with E-state index in [1.807, 2.05) is 6.92 Å². The molecule has 1 aliphatic heterocycles. The largest absolute Gasteiger partial charge is 0.391 e. The van der Waals surface area contributed by atoms with Crippen LogP contribution >= 0.6 is 0 Å². The van der Waals surface area contributed by atoms with Crippen LogP contribution < -0.4 is 11.1 Å². The maximum Gasteiger partial charge on any atom is 0.391 e. The van der Waals surface area contributed by atoms with E-state index in [-0.39, 0.29) is 24.8 Å². The Hall–Kier alpha value is -0.820. The van der Waals surface area contributed by atoms with Gasteiger partial charge in [0.1, 0.15) is 0 Å². The van der Waals surface area contributed by atoms with Crippen LogP contribution in [0.1, 0.15) is 39.0 Å². The van der Waals surface area contributed by atoms with E-state index in [4.69, 9.17) is 5.73 Å². The summed E-state index contributed by atoms with van der Waals surface area (Å²) in [5.74, 6) is -1.53. The second kappa shape index (κ2) is 6.12. The summed E-state index contributed by atoms with van der Waals surface area (Å²) in [6.07, 6.45) is -1.68. The Kier molecular flexibility index (Phi) is 4.82. The Bertz CT molecular complexity index is 380. The van der Waals surface area contributed by atoms with Gasteiger partial charge in [-0.2, -0.15) is 13.2 Å². The lowest BCUT2D eigenvalue weighted by Crippen LogP contribution is -2.55. The van der Waals surface area contributed by atoms with Crippen LogP contribution in [0.5, 0.6) is 0 Å². The third-order valence-corrected chi connectivity index (χ3v) is 4.98. The molecule has 122 valence electrons. The first-order chi connectivity index (χ1) is 9.78. The molecule has 2 unspecified atom stereocenters. The second-order valence-corrected chi connectivity index (χ2v) is 6.23. The van der Waals surface area contributed by atoms with Gasteiger partial charge in [0.05, 0.1) is 11.5 Å². The van der Waals surface area contributed by atoms with Gasteiger partial charge in [0, 0.05) is 6.04 Å². The summed E-state index contributed by atoms with van der Waals surface area (Å²) in [6.45, 7) is 3.49. The summed E-state index contributed by atoms with van der Waals surface area (Å²) in [5.41, 5.74) is 4.84. The van der Waals surface area contributed by atoms with E-state index in [2.05, 4.69) is 10.2 Å². The Morgan fingerprint density at radius 3 is 2.43 bits per heavy atom. The number of hydrogen-bond donors (Lipinski definition) is 2. The van der Waals surface area contributed by atoms with Crippen molar-refractivity contribution in [1.82, 2.24) is 10.2 Å². The molecule has 1 heterocycles. The zero-order valence-electron chi connectivity index (χ0n) is 12.4. The fourth-order valence-corrected chi connectivity index (χ4v) is 3.73. The van der Waals surface area contributed by atoms with Crippen LogP contribution in [0.4, 0.5) is 13.2 Å². The smallest absolute Gasteiger partial charge is 0.368 e. The molecule has 0 spiro atoms. The van der Waals surface area contributed by atoms with Gasteiger partial charge in [-0.1, -0.05) is 6.92 Å². The van der Waals surface area contributed by atoms with Crippen molar-refractivity contribution in [1.29, 1.82) is 0 Å². The van der Waals surface area contributed by atoms with Crippen molar-refractivity contribution in [3.8, 4) is 0 Å². The molecule has 0 aromatic rings. The van der Waals surface area contributed by atoms with Gasteiger partial charge >= 0.3 is 6.18 Å². The van der Waals surface area contributed by atoms with Gasteiger partial charge < -0.3 is 16.0 Å². The molecule has 2 fully saturated rings. The second-order valence-electron chi connectivity index (χ2n) is 6.23. The molecule has 1 saturated carbocycles. The van der Waals surface area contributed by atoms with E-state index in [9.17, 15) is 18.0 Å². The average molecular weight is 307 g/mol. The van der Waals surface area contributed by atoms with Crippen LogP contribution in [-0.4, -0.2) is 48.2 Å². The molecule has 1 aliphatic carbocycles. The summed E-state index contributed by atoms with van der Waals surface area (Å²) in [7, 11) is 0. The molecule has 7 heteroatoms. The zero-order chi connectivity index (χ0) is 15.7. The van der Waals surface area contributed by atoms with Crippen LogP contribution in [-0.2, 0) is 4.79 Å². The van der Waals surface area contributed by atoms with Crippen molar-refractivity contribution in [3.05, 3.63) is 0 Å². The normalized spacial score (nSPS) is 32.5. The highest BCUT2D eigenvalue weighted by molar-refractivity contribution is 5.85. The minimum atomic E-state index is -4.08. The van der Waals surface area contributed by atoms with Gasteiger partial charge in [0.15, 0.2) is 0 Å². The highest BCUT2D eigenvalue weighted by Crippen LogP contribution is 2.38. The number of piperidine rings is 1. The third kappa shape index (κ3) is 3.51. The van der Waals surface area contributed by atoms with Gasteiger partial charge in [-0.15, -0.1) is 0 Å². The molecule has 3 N–H and O–H groups in total. The Balaban J connectivity index is 1.92. The first-order valence-corrected chi connectivity index (χ1v) is 7.64. The number of carbonyl (C=O) groups excluding carboxylic acids is 1. The third-order valence-electron chi connectivity index (χ3n) is 4.98. The number of alkyl halides is 3. The van der Waals surface area contributed by atoms with Crippen LogP contribution in [0, 0.1) is 5.92 Å². The molecule has 2 aliphatic rings. The van der Waals surface area contributed by atoms with Crippen molar-refractivity contribution in [2.24, 2.45) is 11.7 Å². The molecule has 0 radical (unpaired) electrons. The van der Waals surface area contributed by atoms with Crippen molar-refractivity contribution in [2.45, 2.75) is 56.8 Å². The first-order valence-electron chi connectivity index (χ1n) is 7.64. The van der Waals surface area contributed by atoms with E-state index < -0.39 is 17.6 Å². The lowest BCUT2D eigenvalue weighted by atomic mass is 9.93.